The summed E-state index contributed by atoms with van der Waals surface area (Å²) in [5, 5.41) is 7.43. The molecule has 0 aromatic carbocycles. The van der Waals surface area contributed by atoms with E-state index in [9.17, 15) is 0 Å². The second-order valence-electron chi connectivity index (χ2n) is 4.95. The number of imidazole rings is 1. The third-order valence-corrected chi connectivity index (χ3v) is 3.43. The van der Waals surface area contributed by atoms with Crippen molar-refractivity contribution in [1.82, 2.24) is 25.0 Å². The molecule has 0 spiro atoms. The third kappa shape index (κ3) is 2.03. The Morgan fingerprint density at radius 2 is 2.39 bits per heavy atom. The predicted molar refractivity (Wildman–Crippen MR) is 65.6 cm³/mol. The Labute approximate surface area is 105 Å². The predicted octanol–water partition coefficient (Wildman–Crippen LogP) is 1.53. The van der Waals surface area contributed by atoms with E-state index in [1.807, 2.05) is 17.8 Å². The van der Waals surface area contributed by atoms with Gasteiger partial charge in [-0.05, 0) is 25.3 Å². The topological polar surface area (TPSA) is 68.8 Å². The molecule has 1 aliphatic rings. The second kappa shape index (κ2) is 4.53. The Bertz CT molecular complexity index is 532. The van der Waals surface area contributed by atoms with Gasteiger partial charge in [0.05, 0.1) is 6.04 Å². The van der Waals surface area contributed by atoms with E-state index in [-0.39, 0.29) is 6.04 Å². The standard InChI is InChI=1S/C12H17N5O/c1-8-3-4-13-9(7-8)12-15-10(16-18-12)11-14-5-6-17(11)2/h5-6,8-9,13H,3-4,7H2,1-2H3. The molecule has 18 heavy (non-hydrogen) atoms. The van der Waals surface area contributed by atoms with E-state index in [4.69, 9.17) is 4.52 Å². The summed E-state index contributed by atoms with van der Waals surface area (Å²) in [7, 11) is 1.92. The Kier molecular flexibility index (Phi) is 2.87. The van der Waals surface area contributed by atoms with Gasteiger partial charge in [0, 0.05) is 19.4 Å². The zero-order chi connectivity index (χ0) is 12.5. The molecule has 0 bridgehead atoms. The average molecular weight is 247 g/mol. The molecule has 0 saturated carbocycles. The maximum absolute atomic E-state index is 5.35. The van der Waals surface area contributed by atoms with E-state index in [0.717, 1.165) is 18.8 Å². The molecule has 1 N–H and O–H groups in total. The first kappa shape index (κ1) is 11.4. The van der Waals surface area contributed by atoms with Gasteiger partial charge in [-0.15, -0.1) is 0 Å². The molecule has 1 saturated heterocycles. The molecule has 3 heterocycles. The number of nitrogens with one attached hydrogen (secondary N) is 1. The van der Waals surface area contributed by atoms with E-state index in [1.54, 1.807) is 6.20 Å². The first-order chi connectivity index (χ1) is 8.74. The Hall–Kier alpha value is -1.69. The van der Waals surface area contributed by atoms with Crippen LogP contribution < -0.4 is 5.32 Å². The van der Waals surface area contributed by atoms with Gasteiger partial charge in [-0.1, -0.05) is 12.1 Å². The van der Waals surface area contributed by atoms with Crippen LogP contribution in [-0.4, -0.2) is 26.2 Å². The van der Waals surface area contributed by atoms with E-state index in [0.29, 0.717) is 17.6 Å². The number of piperidine rings is 1. The Morgan fingerprint density at radius 1 is 1.50 bits per heavy atom. The smallest absolute Gasteiger partial charge is 0.244 e. The number of rotatable bonds is 2. The number of aryl methyl sites for hydroxylation is 1. The van der Waals surface area contributed by atoms with Crippen LogP contribution in [0.2, 0.25) is 0 Å². The van der Waals surface area contributed by atoms with Crippen molar-refractivity contribution in [3.8, 4) is 11.6 Å². The van der Waals surface area contributed by atoms with Gasteiger partial charge < -0.3 is 14.4 Å². The fraction of sp³-hybridized carbons (Fsp3) is 0.583. The third-order valence-electron chi connectivity index (χ3n) is 3.43. The molecule has 3 rings (SSSR count). The minimum atomic E-state index is 0.176. The quantitative estimate of drug-likeness (QED) is 0.871. The van der Waals surface area contributed by atoms with E-state index in [2.05, 4.69) is 27.4 Å². The molecule has 2 aromatic heterocycles. The lowest BCUT2D eigenvalue weighted by molar-refractivity contribution is 0.260. The maximum atomic E-state index is 5.35. The first-order valence-electron chi connectivity index (χ1n) is 6.28. The molecular formula is C12H17N5O. The molecule has 0 aliphatic carbocycles. The Morgan fingerprint density at radius 3 is 3.11 bits per heavy atom. The SMILES string of the molecule is CC1CCNC(c2nc(-c3nccn3C)no2)C1. The van der Waals surface area contributed by atoms with Crippen molar-refractivity contribution in [3.05, 3.63) is 18.3 Å². The maximum Gasteiger partial charge on any atom is 0.244 e. The van der Waals surface area contributed by atoms with Crippen LogP contribution in [-0.2, 0) is 7.05 Å². The van der Waals surface area contributed by atoms with Crippen LogP contribution in [0, 0.1) is 5.92 Å². The van der Waals surface area contributed by atoms with Crippen molar-refractivity contribution < 1.29 is 4.52 Å². The number of hydrogen-bond donors (Lipinski definition) is 1. The summed E-state index contributed by atoms with van der Waals surface area (Å²) in [6, 6.07) is 0.176. The summed E-state index contributed by atoms with van der Waals surface area (Å²) < 4.78 is 7.23. The van der Waals surface area contributed by atoms with Crippen molar-refractivity contribution in [1.29, 1.82) is 0 Å². The van der Waals surface area contributed by atoms with Crippen LogP contribution in [0.1, 0.15) is 31.7 Å². The summed E-state index contributed by atoms with van der Waals surface area (Å²) in [6.07, 6.45) is 5.84. The van der Waals surface area contributed by atoms with Crippen molar-refractivity contribution in [2.45, 2.75) is 25.8 Å². The minimum absolute atomic E-state index is 0.176. The fourth-order valence-corrected chi connectivity index (χ4v) is 2.34. The van der Waals surface area contributed by atoms with Gasteiger partial charge in [0.25, 0.3) is 0 Å². The normalized spacial score (nSPS) is 24.3. The van der Waals surface area contributed by atoms with Gasteiger partial charge >= 0.3 is 0 Å². The minimum Gasteiger partial charge on any atom is -0.337 e. The lowest BCUT2D eigenvalue weighted by Gasteiger charge is -2.25. The zero-order valence-electron chi connectivity index (χ0n) is 10.6. The molecule has 2 unspecified atom stereocenters. The fourth-order valence-electron chi connectivity index (χ4n) is 2.34. The lowest BCUT2D eigenvalue weighted by Crippen LogP contribution is -2.30. The highest BCUT2D eigenvalue weighted by Crippen LogP contribution is 2.26. The molecule has 6 heteroatoms. The average Bonchev–Trinajstić information content (AvgIpc) is 2.97. The highest BCUT2D eigenvalue weighted by molar-refractivity contribution is 5.42. The molecule has 2 atom stereocenters. The summed E-state index contributed by atoms with van der Waals surface area (Å²) in [5.41, 5.74) is 0. The number of nitrogens with zero attached hydrogens (tertiary/aromatic N) is 4. The van der Waals surface area contributed by atoms with Gasteiger partial charge in [-0.3, -0.25) is 0 Å². The molecule has 2 aromatic rings. The van der Waals surface area contributed by atoms with Gasteiger partial charge in [0.15, 0.2) is 5.82 Å². The van der Waals surface area contributed by atoms with Crippen molar-refractivity contribution in [2.24, 2.45) is 13.0 Å². The van der Waals surface area contributed by atoms with Crippen LogP contribution in [0.3, 0.4) is 0 Å². The highest BCUT2D eigenvalue weighted by atomic mass is 16.5. The summed E-state index contributed by atoms with van der Waals surface area (Å²) in [6.45, 7) is 3.26. The number of hydrogen-bond acceptors (Lipinski definition) is 5. The summed E-state index contributed by atoms with van der Waals surface area (Å²) in [5.74, 6) is 2.64. The van der Waals surface area contributed by atoms with E-state index < -0.39 is 0 Å². The van der Waals surface area contributed by atoms with E-state index in [1.165, 1.54) is 6.42 Å². The molecule has 96 valence electrons. The zero-order valence-corrected chi connectivity index (χ0v) is 10.6. The van der Waals surface area contributed by atoms with Crippen LogP contribution in [0.25, 0.3) is 11.6 Å². The number of aromatic nitrogens is 4. The molecule has 1 aliphatic heterocycles. The van der Waals surface area contributed by atoms with Gasteiger partial charge in [-0.2, -0.15) is 4.98 Å². The van der Waals surface area contributed by atoms with Crippen LogP contribution >= 0.6 is 0 Å². The monoisotopic (exact) mass is 247 g/mol. The van der Waals surface area contributed by atoms with Gasteiger partial charge in [0.2, 0.25) is 11.7 Å². The summed E-state index contributed by atoms with van der Waals surface area (Å²) in [4.78, 5) is 8.67. The molecular weight excluding hydrogens is 230 g/mol. The molecule has 0 radical (unpaired) electrons. The molecule has 0 amide bonds. The van der Waals surface area contributed by atoms with Crippen LogP contribution in [0.5, 0.6) is 0 Å². The Balaban J connectivity index is 1.83. The van der Waals surface area contributed by atoms with Crippen molar-refractivity contribution in [3.63, 3.8) is 0 Å². The van der Waals surface area contributed by atoms with E-state index >= 15 is 0 Å². The summed E-state index contributed by atoms with van der Waals surface area (Å²) >= 11 is 0. The first-order valence-corrected chi connectivity index (χ1v) is 6.28. The molecule has 6 nitrogen and oxygen atoms in total. The lowest BCUT2D eigenvalue weighted by atomic mass is 9.94. The van der Waals surface area contributed by atoms with Crippen LogP contribution in [0.4, 0.5) is 0 Å². The van der Waals surface area contributed by atoms with Gasteiger partial charge in [-0.25, -0.2) is 4.98 Å². The van der Waals surface area contributed by atoms with Crippen molar-refractivity contribution >= 4 is 0 Å². The highest BCUT2D eigenvalue weighted by Gasteiger charge is 2.25. The van der Waals surface area contributed by atoms with Crippen molar-refractivity contribution in [2.75, 3.05) is 6.54 Å². The van der Waals surface area contributed by atoms with Gasteiger partial charge in [0.1, 0.15) is 0 Å². The largest absolute Gasteiger partial charge is 0.337 e. The van der Waals surface area contributed by atoms with Crippen LogP contribution in [0.15, 0.2) is 16.9 Å². The molecule has 1 fully saturated rings. The second-order valence-corrected chi connectivity index (χ2v) is 4.95.